The van der Waals surface area contributed by atoms with Crippen molar-refractivity contribution in [3.63, 3.8) is 0 Å². The normalized spacial score (nSPS) is 14.4. The summed E-state index contributed by atoms with van der Waals surface area (Å²) in [5, 5.41) is 26.8. The average Bonchev–Trinajstić information content (AvgIpc) is 1.61. The quantitative estimate of drug-likeness (QED) is 0.0206. The molecule has 0 aliphatic carbocycles. The third-order valence-corrected chi connectivity index (χ3v) is 20.4. The van der Waals surface area contributed by atoms with Crippen LogP contribution in [0.4, 0.5) is 0 Å². The van der Waals surface area contributed by atoms with Crippen LogP contribution in [0, 0.1) is 47.3 Å². The molecule has 9 amide bonds. The largest absolute Gasteiger partial charge is 0.394 e. The molecule has 0 saturated carbocycles. The Morgan fingerprint density at radius 1 is 0.500 bits per heavy atom. The molecule has 0 saturated heterocycles. The molecule has 112 heavy (non-hydrogen) atoms. The Balaban J connectivity index is 0.000000837. The van der Waals surface area contributed by atoms with Crippen LogP contribution in [0.15, 0.2) is 53.0 Å². The minimum atomic E-state index is -1.45. The van der Waals surface area contributed by atoms with Gasteiger partial charge in [-0.3, -0.25) is 72.3 Å². The molecule has 3 rings (SSSR count). The number of aliphatic hydroxyl groups is 1. The van der Waals surface area contributed by atoms with Gasteiger partial charge in [0.25, 0.3) is 0 Å². The van der Waals surface area contributed by atoms with Crippen LogP contribution in [0.2, 0.25) is 0 Å². The van der Waals surface area contributed by atoms with E-state index >= 15 is 0 Å². The van der Waals surface area contributed by atoms with Crippen LogP contribution in [0.1, 0.15) is 240 Å². The number of unbranched alkanes of at least 4 members (excludes halogenated alkanes) is 12. The molecule has 0 spiro atoms. The minimum Gasteiger partial charge on any atom is -0.394 e. The summed E-state index contributed by atoms with van der Waals surface area (Å²) in [5.74, 6) is -12.7. The number of fused-ring (bicyclic) bond motifs is 1. The van der Waals surface area contributed by atoms with Crippen LogP contribution < -0.4 is 72.0 Å². The zero-order valence-electron chi connectivity index (χ0n) is 67.8. The van der Waals surface area contributed by atoms with Crippen molar-refractivity contribution in [2.75, 3.05) is 26.7 Å². The van der Waals surface area contributed by atoms with Crippen molar-refractivity contribution in [2.45, 2.75) is 272 Å². The molecule has 1 aromatic carbocycles. The minimum absolute atomic E-state index is 0.00919. The monoisotopic (exact) mass is 1570 g/mol. The first-order chi connectivity index (χ1) is 53.2. The molecule has 2 aromatic heterocycles. The van der Waals surface area contributed by atoms with Gasteiger partial charge in [0, 0.05) is 118 Å². The summed E-state index contributed by atoms with van der Waals surface area (Å²) in [4.78, 5) is 190. The third kappa shape index (κ3) is 39.5. The number of aromatic nitrogens is 3. The van der Waals surface area contributed by atoms with Crippen molar-refractivity contribution in [3.05, 3.63) is 54.2 Å². The summed E-state index contributed by atoms with van der Waals surface area (Å²) in [7, 11) is 1.51. The molecule has 0 aliphatic heterocycles. The van der Waals surface area contributed by atoms with E-state index in [0.29, 0.717) is 62.7 Å². The first kappa shape index (κ1) is 98.5. The summed E-state index contributed by atoms with van der Waals surface area (Å²) in [5.41, 5.74) is 39.8. The number of imidazole rings is 1. The molecule has 628 valence electrons. The second-order valence-corrected chi connectivity index (χ2v) is 30.2. The Morgan fingerprint density at radius 3 is 1.57 bits per heavy atom. The summed E-state index contributed by atoms with van der Waals surface area (Å²) in [6.45, 7) is 15.1. The number of aliphatic imine (C=N–C) groups is 2. The fourth-order valence-electron chi connectivity index (χ4n) is 13.3. The Labute approximate surface area is 660 Å². The van der Waals surface area contributed by atoms with Crippen LogP contribution in [-0.2, 0) is 75.2 Å². The zero-order chi connectivity index (χ0) is 83.8. The maximum Gasteiger partial charge on any atom is 0.243 e. The number of nitrogens with one attached hydrogen (secondary N) is 8. The van der Waals surface area contributed by atoms with Crippen LogP contribution in [-0.4, -0.2) is 165 Å². The van der Waals surface area contributed by atoms with Gasteiger partial charge >= 0.3 is 0 Å². The SMILES string of the molecule is CCCCCCCCCCCCCCCC(=O)N[C@@H](CCCN=C(N)N)C(=O)N[C@@H](CO)C(=O)C[C@@H](CC(C)C)C(=O)NC.CC[C@H](C)[C@H](CC(=O)[C@@H](NC(=O)[C@H](CC(N)=O)CC(=O)[C@@H](C)CCCN=C(N)N)[C@@H](C)CC)C(=O)N[C@@H](Cc1cnc[nH]1)C(=O)C[C@@H](Cc1c[nH]c2ccccc12)C(=O)N[C@@H](CC(N)=O)C(N)=O. The number of para-hydroxylation sites is 1. The lowest BCUT2D eigenvalue weighted by molar-refractivity contribution is -0.137. The van der Waals surface area contributed by atoms with Gasteiger partial charge in [-0.25, -0.2) is 4.98 Å². The second kappa shape index (κ2) is 54.9. The van der Waals surface area contributed by atoms with Crippen molar-refractivity contribution in [1.29, 1.82) is 0 Å². The van der Waals surface area contributed by atoms with Crippen molar-refractivity contribution < 1.29 is 67.4 Å². The highest BCUT2D eigenvalue weighted by Crippen LogP contribution is 2.28. The van der Waals surface area contributed by atoms with Gasteiger partial charge in [-0.15, -0.1) is 0 Å². The van der Waals surface area contributed by atoms with Gasteiger partial charge in [0.2, 0.25) is 53.2 Å². The number of nitrogens with two attached hydrogens (primary N) is 7. The summed E-state index contributed by atoms with van der Waals surface area (Å²) >= 11 is 0. The van der Waals surface area contributed by atoms with E-state index in [1.807, 2.05) is 52.0 Å². The number of aromatic amines is 2. The molecule has 2 heterocycles. The highest BCUT2D eigenvalue weighted by atomic mass is 16.3. The number of amides is 9. The molecular weight excluding hydrogens is 1440 g/mol. The lowest BCUT2D eigenvalue weighted by Gasteiger charge is -2.29. The number of nitrogens with zero attached hydrogens (tertiary/aromatic N) is 3. The maximum absolute atomic E-state index is 14.5. The number of rotatable bonds is 60. The van der Waals surface area contributed by atoms with Gasteiger partial charge < -0.3 is 87.1 Å². The first-order valence-electron chi connectivity index (χ1n) is 40.1. The van der Waals surface area contributed by atoms with E-state index in [9.17, 15) is 67.4 Å². The molecule has 0 fully saturated rings. The third-order valence-electron chi connectivity index (χ3n) is 20.4. The van der Waals surface area contributed by atoms with Crippen LogP contribution in [0.5, 0.6) is 0 Å². The van der Waals surface area contributed by atoms with Gasteiger partial charge in [-0.1, -0.05) is 163 Å². The predicted octanol–water partition coefficient (Wildman–Crippen LogP) is 4.73. The Hall–Kier alpha value is -9.62. The van der Waals surface area contributed by atoms with Crippen molar-refractivity contribution in [1.82, 2.24) is 46.9 Å². The molecular formula is C80H134N18O14. The van der Waals surface area contributed by atoms with Gasteiger partial charge in [0.15, 0.2) is 29.3 Å². The fourth-order valence-corrected chi connectivity index (χ4v) is 13.3. The number of benzene rings is 1. The second-order valence-electron chi connectivity index (χ2n) is 30.2. The molecule has 12 atom stereocenters. The summed E-state index contributed by atoms with van der Waals surface area (Å²) in [6, 6.07) is 1.44. The maximum atomic E-state index is 14.5. The first-order valence-corrected chi connectivity index (χ1v) is 40.1. The number of ketones is 4. The van der Waals surface area contributed by atoms with E-state index in [2.05, 4.69) is 63.8 Å². The zero-order valence-corrected chi connectivity index (χ0v) is 67.8. The van der Waals surface area contributed by atoms with E-state index in [-0.39, 0.29) is 80.5 Å². The molecule has 32 nitrogen and oxygen atoms in total. The molecule has 23 N–H and O–H groups in total. The van der Waals surface area contributed by atoms with E-state index in [4.69, 9.17) is 40.1 Å². The van der Waals surface area contributed by atoms with Crippen LogP contribution >= 0.6 is 0 Å². The van der Waals surface area contributed by atoms with Gasteiger partial charge in [-0.2, -0.15) is 0 Å². The van der Waals surface area contributed by atoms with Gasteiger partial charge in [0.05, 0.1) is 37.4 Å². The van der Waals surface area contributed by atoms with E-state index in [1.54, 1.807) is 27.0 Å². The average molecular weight is 1570 g/mol. The summed E-state index contributed by atoms with van der Waals surface area (Å²) < 4.78 is 0. The van der Waals surface area contributed by atoms with Crippen LogP contribution in [0.3, 0.4) is 0 Å². The Kier molecular flexibility index (Phi) is 48.3. The fraction of sp³-hybridized carbons (Fsp3) is 0.675. The van der Waals surface area contributed by atoms with Crippen molar-refractivity contribution in [3.8, 4) is 0 Å². The summed E-state index contributed by atoms with van der Waals surface area (Å²) in [6.07, 6.45) is 21.4. The molecule has 0 aliphatic rings. The smallest absolute Gasteiger partial charge is 0.243 e. The predicted molar refractivity (Wildman–Crippen MR) is 432 cm³/mol. The lowest BCUT2D eigenvalue weighted by atomic mass is 9.82. The highest BCUT2D eigenvalue weighted by molar-refractivity contribution is 5.99. The molecule has 3 aromatic rings. The molecule has 0 bridgehead atoms. The number of hydrogen-bond acceptors (Lipinski definition) is 17. The molecule has 0 unspecified atom stereocenters. The Morgan fingerprint density at radius 2 is 1.04 bits per heavy atom. The number of guanidine groups is 2. The number of hydrogen-bond donors (Lipinski definition) is 16. The Bertz CT molecular complexity index is 3480. The van der Waals surface area contributed by atoms with E-state index in [1.165, 1.54) is 83.8 Å². The number of Topliss-reactive ketones (excluding diaryl/α,β-unsaturated/α-hetero) is 4. The molecule has 32 heteroatoms. The number of carbonyl (C=O) groups excluding carboxylic acids is 13. The number of primary amides is 3. The van der Waals surface area contributed by atoms with E-state index in [0.717, 1.165) is 30.2 Å². The van der Waals surface area contributed by atoms with E-state index < -0.39 is 156 Å². The van der Waals surface area contributed by atoms with Crippen LogP contribution in [0.25, 0.3) is 10.9 Å². The van der Waals surface area contributed by atoms with Crippen molar-refractivity contribution >= 4 is 99.1 Å². The highest BCUT2D eigenvalue weighted by Gasteiger charge is 2.38. The van der Waals surface area contributed by atoms with Crippen molar-refractivity contribution in [2.24, 2.45) is 97.5 Å². The lowest BCUT2D eigenvalue weighted by Crippen LogP contribution is -2.53. The number of aliphatic hydroxyl groups excluding tert-OH is 1. The number of carbonyl (C=O) groups is 13. The van der Waals surface area contributed by atoms with Gasteiger partial charge in [0.1, 0.15) is 23.9 Å². The standard InChI is InChI=1S/C47H70N12O9.C33H64N6O5/c1-6-25(3)33(20-39(62)42(26(4)7-2)59-45(67)29(18-40(48)63)16-37(60)27(5)11-10-14-54-47(51)52)46(68)57-35(19-31-23-53-24-56-31)38(61)17-28(44(66)58-36(43(50)65)21-41(49)64)15-30-22-55-34-13-9-8-12-32(30)34;1-5-6-7-8-9-10-11-12-13-14-15-16-17-20-30(42)38-27(19-18-21-37-33(34)35)32(44)39-28(24-40)29(41)23-26(22-25(2)3)31(43)36-4/h8-9,12-13,22-29,33,35-36,42,55H,6-7,10-11,14-21H2,1-5H3,(H2,48,63)(H2,49,64)(H2,50,65)(H,53,56)(H,57,68)(H,58,66)(H,59,67)(H4,51,52,54);25-28,40H,5-24H2,1-4H3,(H,36,43)(H,38,42)(H,39,44)(H4,34,35,37)/t25-,26-,27-,28+,29-,33-,35-,36-,42-;26-,27+,28+/m01/s1. The molecule has 0 radical (unpaired) electrons. The topological polar surface area (TPSA) is 566 Å². The number of H-pyrrole nitrogens is 2. The van der Waals surface area contributed by atoms with Gasteiger partial charge in [-0.05, 0) is 74.3 Å².